The fraction of sp³-hybridized carbons (Fsp3) is 0.0625. The number of hydrogen-bond donors (Lipinski definition) is 2. The van der Waals surface area contributed by atoms with Crippen LogP contribution in [0.3, 0.4) is 0 Å². The minimum atomic E-state index is -0.0975. The zero-order valence-corrected chi connectivity index (χ0v) is 11.7. The number of halogens is 1. The number of carbonyl (C=O) groups is 1. The van der Waals surface area contributed by atoms with Crippen LogP contribution in [0.25, 0.3) is 10.9 Å². The minimum absolute atomic E-state index is 0.0975. The first-order valence-electron chi connectivity index (χ1n) is 6.24. The second-order valence-electron chi connectivity index (χ2n) is 4.78. The van der Waals surface area contributed by atoms with Crippen LogP contribution in [0.15, 0.2) is 42.6 Å². The second kappa shape index (κ2) is 4.69. The monoisotopic (exact) mass is 284 g/mol. The molecule has 0 aliphatic rings. The van der Waals surface area contributed by atoms with E-state index in [0.717, 1.165) is 16.5 Å². The number of anilines is 1. The van der Waals surface area contributed by atoms with Gasteiger partial charge in [0.15, 0.2) is 5.78 Å². The van der Waals surface area contributed by atoms with Gasteiger partial charge in [-0.15, -0.1) is 0 Å². The molecule has 0 fully saturated rings. The first kappa shape index (κ1) is 12.8. The summed E-state index contributed by atoms with van der Waals surface area (Å²) in [6.45, 7) is 1.93. The van der Waals surface area contributed by atoms with E-state index >= 15 is 0 Å². The summed E-state index contributed by atoms with van der Waals surface area (Å²) in [5, 5.41) is 1.40. The van der Waals surface area contributed by atoms with E-state index in [2.05, 4.69) is 4.98 Å². The van der Waals surface area contributed by atoms with E-state index in [4.69, 9.17) is 17.3 Å². The predicted octanol–water partition coefficient (Wildman–Crippen LogP) is 3.94. The van der Waals surface area contributed by atoms with Gasteiger partial charge in [-0.05, 0) is 25.1 Å². The molecule has 1 aromatic heterocycles. The molecule has 2 aromatic carbocycles. The van der Waals surface area contributed by atoms with E-state index in [9.17, 15) is 4.79 Å². The number of fused-ring (bicyclic) bond motifs is 1. The second-order valence-corrected chi connectivity index (χ2v) is 5.19. The number of nitrogens with one attached hydrogen (secondary N) is 1. The molecule has 0 spiro atoms. The van der Waals surface area contributed by atoms with Crippen molar-refractivity contribution in [3.63, 3.8) is 0 Å². The summed E-state index contributed by atoms with van der Waals surface area (Å²) in [4.78, 5) is 15.7. The molecule has 3 N–H and O–H groups in total. The van der Waals surface area contributed by atoms with E-state index in [1.807, 2.05) is 25.1 Å². The van der Waals surface area contributed by atoms with Crippen molar-refractivity contribution in [2.45, 2.75) is 6.92 Å². The third kappa shape index (κ3) is 1.96. The Morgan fingerprint density at radius 1 is 1.20 bits per heavy atom. The maximum atomic E-state index is 12.7. The number of hydrogen-bond acceptors (Lipinski definition) is 2. The zero-order valence-electron chi connectivity index (χ0n) is 10.9. The highest BCUT2D eigenvalue weighted by Crippen LogP contribution is 2.28. The Morgan fingerprint density at radius 3 is 2.80 bits per heavy atom. The van der Waals surface area contributed by atoms with E-state index in [1.54, 1.807) is 24.4 Å². The number of para-hydroxylation sites is 1. The summed E-state index contributed by atoms with van der Waals surface area (Å²) in [6, 6.07) is 10.9. The first-order valence-corrected chi connectivity index (χ1v) is 6.62. The van der Waals surface area contributed by atoms with Crippen LogP contribution in [0.4, 0.5) is 5.69 Å². The summed E-state index contributed by atoms with van der Waals surface area (Å²) in [6.07, 6.45) is 1.68. The van der Waals surface area contributed by atoms with Crippen molar-refractivity contribution in [2.75, 3.05) is 5.73 Å². The van der Waals surface area contributed by atoms with Crippen molar-refractivity contribution < 1.29 is 4.79 Å². The largest absolute Gasteiger partial charge is 0.398 e. The highest BCUT2D eigenvalue weighted by Gasteiger charge is 2.17. The van der Waals surface area contributed by atoms with Crippen molar-refractivity contribution in [1.82, 2.24) is 4.98 Å². The number of rotatable bonds is 2. The predicted molar refractivity (Wildman–Crippen MR) is 82.3 cm³/mol. The lowest BCUT2D eigenvalue weighted by Gasteiger charge is -2.05. The van der Waals surface area contributed by atoms with Gasteiger partial charge >= 0.3 is 0 Å². The first-order chi connectivity index (χ1) is 9.58. The van der Waals surface area contributed by atoms with Crippen molar-refractivity contribution in [3.05, 3.63) is 64.3 Å². The Hall–Kier alpha value is -2.26. The van der Waals surface area contributed by atoms with Gasteiger partial charge in [0.2, 0.25) is 0 Å². The Morgan fingerprint density at radius 2 is 2.00 bits per heavy atom. The maximum absolute atomic E-state index is 12.7. The number of H-pyrrole nitrogens is 1. The molecule has 0 aliphatic carbocycles. The fourth-order valence-corrected chi connectivity index (χ4v) is 2.55. The molecule has 0 bridgehead atoms. The van der Waals surface area contributed by atoms with Crippen molar-refractivity contribution in [3.8, 4) is 0 Å². The van der Waals surface area contributed by atoms with Gasteiger partial charge in [0, 0.05) is 28.4 Å². The van der Waals surface area contributed by atoms with Gasteiger partial charge in [-0.2, -0.15) is 0 Å². The molecular weight excluding hydrogens is 272 g/mol. The number of carbonyl (C=O) groups excluding carboxylic acids is 1. The van der Waals surface area contributed by atoms with E-state index in [0.29, 0.717) is 21.8 Å². The van der Waals surface area contributed by atoms with Crippen molar-refractivity contribution in [1.29, 1.82) is 0 Å². The van der Waals surface area contributed by atoms with Gasteiger partial charge < -0.3 is 10.7 Å². The SMILES string of the molecule is Cc1ccc(N)c(C(=O)c2c[nH]c3c(Cl)cccc23)c1. The number of nitrogens with two attached hydrogens (primary N) is 1. The molecule has 0 saturated heterocycles. The van der Waals surface area contributed by atoms with Crippen LogP contribution in [0, 0.1) is 6.92 Å². The molecular formula is C16H13ClN2O. The average molecular weight is 285 g/mol. The summed E-state index contributed by atoms with van der Waals surface area (Å²) < 4.78 is 0. The molecule has 3 nitrogen and oxygen atoms in total. The normalized spacial score (nSPS) is 10.9. The number of aromatic amines is 1. The van der Waals surface area contributed by atoms with Gasteiger partial charge in [-0.1, -0.05) is 35.4 Å². The summed E-state index contributed by atoms with van der Waals surface area (Å²) in [7, 11) is 0. The van der Waals surface area contributed by atoms with Crippen LogP contribution in [0.1, 0.15) is 21.5 Å². The average Bonchev–Trinajstić information content (AvgIpc) is 2.86. The molecule has 0 atom stereocenters. The highest BCUT2D eigenvalue weighted by molar-refractivity contribution is 6.36. The quantitative estimate of drug-likeness (QED) is 0.553. The van der Waals surface area contributed by atoms with E-state index in [1.165, 1.54) is 0 Å². The van der Waals surface area contributed by atoms with Crippen LogP contribution in [0.5, 0.6) is 0 Å². The molecule has 20 heavy (non-hydrogen) atoms. The minimum Gasteiger partial charge on any atom is -0.398 e. The molecule has 0 radical (unpaired) electrons. The maximum Gasteiger partial charge on any atom is 0.197 e. The Labute approximate surface area is 121 Å². The molecule has 100 valence electrons. The van der Waals surface area contributed by atoms with E-state index < -0.39 is 0 Å². The zero-order chi connectivity index (χ0) is 14.3. The summed E-state index contributed by atoms with van der Waals surface area (Å²) >= 11 is 6.11. The molecule has 1 heterocycles. The summed E-state index contributed by atoms with van der Waals surface area (Å²) in [5.74, 6) is -0.0975. The smallest absolute Gasteiger partial charge is 0.197 e. The van der Waals surface area contributed by atoms with Crippen LogP contribution in [-0.2, 0) is 0 Å². The van der Waals surface area contributed by atoms with Crippen LogP contribution < -0.4 is 5.73 Å². The van der Waals surface area contributed by atoms with Crippen LogP contribution >= 0.6 is 11.6 Å². The number of ketones is 1. The Bertz CT molecular complexity index is 820. The molecule has 4 heteroatoms. The van der Waals surface area contributed by atoms with Crippen molar-refractivity contribution >= 4 is 34.0 Å². The topological polar surface area (TPSA) is 58.9 Å². The van der Waals surface area contributed by atoms with Crippen LogP contribution in [0.2, 0.25) is 5.02 Å². The molecule has 0 unspecified atom stereocenters. The van der Waals surface area contributed by atoms with Gasteiger partial charge in [0.1, 0.15) is 0 Å². The number of nitrogen functional groups attached to an aromatic ring is 1. The lowest BCUT2D eigenvalue weighted by Crippen LogP contribution is -2.05. The lowest BCUT2D eigenvalue weighted by atomic mass is 9.99. The molecule has 0 saturated carbocycles. The lowest BCUT2D eigenvalue weighted by molar-refractivity contribution is 0.104. The van der Waals surface area contributed by atoms with Gasteiger partial charge in [-0.25, -0.2) is 0 Å². The highest BCUT2D eigenvalue weighted by atomic mass is 35.5. The fourth-order valence-electron chi connectivity index (χ4n) is 2.32. The summed E-state index contributed by atoms with van der Waals surface area (Å²) in [5.41, 5.74) is 9.27. The van der Waals surface area contributed by atoms with Crippen LogP contribution in [-0.4, -0.2) is 10.8 Å². The molecule has 0 amide bonds. The Balaban J connectivity index is 2.18. The molecule has 0 aliphatic heterocycles. The third-order valence-corrected chi connectivity index (χ3v) is 3.68. The van der Waals surface area contributed by atoms with Gasteiger partial charge in [0.25, 0.3) is 0 Å². The molecule has 3 aromatic rings. The number of benzene rings is 2. The third-order valence-electron chi connectivity index (χ3n) is 3.36. The number of aromatic nitrogens is 1. The number of aryl methyl sites for hydroxylation is 1. The Kier molecular flexibility index (Phi) is 2.99. The standard InChI is InChI=1S/C16H13ClN2O/c1-9-5-6-14(18)11(7-9)16(20)12-8-19-15-10(12)3-2-4-13(15)17/h2-8,19H,18H2,1H3. The molecule has 3 rings (SSSR count). The van der Waals surface area contributed by atoms with Gasteiger partial charge in [-0.3, -0.25) is 4.79 Å². The van der Waals surface area contributed by atoms with Gasteiger partial charge in [0.05, 0.1) is 10.5 Å². The van der Waals surface area contributed by atoms with E-state index in [-0.39, 0.29) is 5.78 Å². The van der Waals surface area contributed by atoms with Crippen molar-refractivity contribution in [2.24, 2.45) is 0 Å².